The molecule has 2 aromatic rings. The zero-order valence-corrected chi connectivity index (χ0v) is 14.3. The molecule has 0 radical (unpaired) electrons. The van der Waals surface area contributed by atoms with Crippen LogP contribution in [0.3, 0.4) is 0 Å². The standard InChI is InChI=1S/C17H17ClFN3O3/c1-22(10-12-4-6-20-7-5-12)17(24)9-21-16(23)11-25-13-2-3-15(19)14(18)8-13/h2-8H,9-11H2,1H3,(H,21,23). The van der Waals surface area contributed by atoms with Gasteiger partial charge >= 0.3 is 0 Å². The fourth-order valence-corrected chi connectivity index (χ4v) is 2.10. The highest BCUT2D eigenvalue weighted by Gasteiger charge is 2.11. The molecule has 6 nitrogen and oxygen atoms in total. The number of amides is 2. The molecular weight excluding hydrogens is 349 g/mol. The van der Waals surface area contributed by atoms with Crippen LogP contribution in [-0.4, -0.2) is 41.9 Å². The molecule has 0 fully saturated rings. The highest BCUT2D eigenvalue weighted by atomic mass is 35.5. The molecule has 132 valence electrons. The lowest BCUT2D eigenvalue weighted by Gasteiger charge is -2.17. The van der Waals surface area contributed by atoms with Gasteiger partial charge in [0.15, 0.2) is 6.61 Å². The number of likely N-dealkylation sites (N-methyl/N-ethyl adjacent to an activating group) is 1. The number of carbonyl (C=O) groups excluding carboxylic acids is 2. The highest BCUT2D eigenvalue weighted by Crippen LogP contribution is 2.20. The van der Waals surface area contributed by atoms with E-state index in [1.165, 1.54) is 17.0 Å². The van der Waals surface area contributed by atoms with E-state index in [9.17, 15) is 14.0 Å². The van der Waals surface area contributed by atoms with Crippen LogP contribution in [0.1, 0.15) is 5.56 Å². The van der Waals surface area contributed by atoms with Crippen LogP contribution in [0.2, 0.25) is 5.02 Å². The van der Waals surface area contributed by atoms with E-state index in [-0.39, 0.29) is 29.8 Å². The molecule has 0 unspecified atom stereocenters. The number of hydrogen-bond donors (Lipinski definition) is 1. The third-order valence-electron chi connectivity index (χ3n) is 3.29. The van der Waals surface area contributed by atoms with Crippen LogP contribution in [0.25, 0.3) is 0 Å². The lowest BCUT2D eigenvalue weighted by atomic mass is 10.2. The summed E-state index contributed by atoms with van der Waals surface area (Å²) >= 11 is 5.62. The summed E-state index contributed by atoms with van der Waals surface area (Å²) in [6.45, 7) is -0.0287. The number of hydrogen-bond acceptors (Lipinski definition) is 4. The van der Waals surface area contributed by atoms with E-state index in [4.69, 9.17) is 16.3 Å². The molecule has 0 bridgehead atoms. The molecule has 0 atom stereocenters. The first-order valence-corrected chi connectivity index (χ1v) is 7.81. The number of halogens is 2. The van der Waals surface area contributed by atoms with Crippen LogP contribution in [0.15, 0.2) is 42.7 Å². The van der Waals surface area contributed by atoms with Gasteiger partial charge in [0.2, 0.25) is 5.91 Å². The van der Waals surface area contributed by atoms with Crippen LogP contribution in [-0.2, 0) is 16.1 Å². The molecule has 2 rings (SSSR count). The Labute approximate surface area is 149 Å². The minimum Gasteiger partial charge on any atom is -0.484 e. The lowest BCUT2D eigenvalue weighted by Crippen LogP contribution is -2.39. The average molecular weight is 366 g/mol. The first kappa shape index (κ1) is 18.7. The Bertz CT molecular complexity index is 743. The Morgan fingerprint density at radius 2 is 2.00 bits per heavy atom. The van der Waals surface area contributed by atoms with Crippen molar-refractivity contribution in [2.45, 2.75) is 6.54 Å². The monoisotopic (exact) mass is 365 g/mol. The van der Waals surface area contributed by atoms with Gasteiger partial charge in [0.1, 0.15) is 11.6 Å². The van der Waals surface area contributed by atoms with Gasteiger partial charge in [-0.1, -0.05) is 11.6 Å². The average Bonchev–Trinajstić information content (AvgIpc) is 2.61. The fraction of sp³-hybridized carbons (Fsp3) is 0.235. The summed E-state index contributed by atoms with van der Waals surface area (Å²) in [5.41, 5.74) is 0.939. The van der Waals surface area contributed by atoms with Crippen molar-refractivity contribution in [2.75, 3.05) is 20.2 Å². The van der Waals surface area contributed by atoms with Gasteiger partial charge < -0.3 is 15.0 Å². The van der Waals surface area contributed by atoms with Crippen LogP contribution >= 0.6 is 11.6 Å². The number of pyridine rings is 1. The van der Waals surface area contributed by atoms with Crippen LogP contribution in [0.4, 0.5) is 4.39 Å². The molecule has 0 aliphatic rings. The predicted octanol–water partition coefficient (Wildman–Crippen LogP) is 2.03. The maximum absolute atomic E-state index is 13.0. The zero-order chi connectivity index (χ0) is 18.2. The van der Waals surface area contributed by atoms with Crippen molar-refractivity contribution in [1.82, 2.24) is 15.2 Å². The van der Waals surface area contributed by atoms with Gasteiger partial charge in [-0.2, -0.15) is 0 Å². The molecule has 2 amide bonds. The SMILES string of the molecule is CN(Cc1ccncc1)C(=O)CNC(=O)COc1ccc(F)c(Cl)c1. The zero-order valence-electron chi connectivity index (χ0n) is 13.5. The number of ether oxygens (including phenoxy) is 1. The molecule has 0 saturated carbocycles. The summed E-state index contributed by atoms with van der Waals surface area (Å²) in [4.78, 5) is 29.1. The van der Waals surface area contributed by atoms with Crippen molar-refractivity contribution in [1.29, 1.82) is 0 Å². The molecule has 0 aliphatic carbocycles. The van der Waals surface area contributed by atoms with E-state index in [1.54, 1.807) is 19.4 Å². The second kappa shape index (κ2) is 8.98. The molecule has 1 aromatic carbocycles. The molecule has 0 spiro atoms. The fourth-order valence-electron chi connectivity index (χ4n) is 1.93. The van der Waals surface area contributed by atoms with E-state index in [0.29, 0.717) is 6.54 Å². The van der Waals surface area contributed by atoms with Crippen molar-refractivity contribution in [3.63, 3.8) is 0 Å². The number of rotatable bonds is 7. The summed E-state index contributed by atoms with van der Waals surface area (Å²) in [7, 11) is 1.64. The van der Waals surface area contributed by atoms with E-state index < -0.39 is 11.7 Å². The predicted molar refractivity (Wildman–Crippen MR) is 90.6 cm³/mol. The van der Waals surface area contributed by atoms with Crippen LogP contribution < -0.4 is 10.1 Å². The van der Waals surface area contributed by atoms with Crippen molar-refractivity contribution < 1.29 is 18.7 Å². The highest BCUT2D eigenvalue weighted by molar-refractivity contribution is 6.30. The second-order valence-electron chi connectivity index (χ2n) is 5.25. The molecule has 1 heterocycles. The normalized spacial score (nSPS) is 10.2. The van der Waals surface area contributed by atoms with Gasteiger partial charge in [0, 0.05) is 32.1 Å². The largest absolute Gasteiger partial charge is 0.484 e. The lowest BCUT2D eigenvalue weighted by molar-refractivity contribution is -0.132. The van der Waals surface area contributed by atoms with Gasteiger partial charge in [0.05, 0.1) is 11.6 Å². The molecular formula is C17H17ClFN3O3. The van der Waals surface area contributed by atoms with E-state index in [2.05, 4.69) is 10.3 Å². The first-order chi connectivity index (χ1) is 12.0. The van der Waals surface area contributed by atoms with E-state index in [1.807, 2.05) is 12.1 Å². The third kappa shape index (κ3) is 6.04. The Morgan fingerprint density at radius 3 is 2.68 bits per heavy atom. The second-order valence-corrected chi connectivity index (χ2v) is 5.65. The summed E-state index contributed by atoms with van der Waals surface area (Å²) < 4.78 is 18.2. The van der Waals surface area contributed by atoms with Crippen molar-refractivity contribution >= 4 is 23.4 Å². The number of nitrogens with one attached hydrogen (secondary N) is 1. The van der Waals surface area contributed by atoms with Gasteiger partial charge in [-0.15, -0.1) is 0 Å². The first-order valence-electron chi connectivity index (χ1n) is 7.43. The summed E-state index contributed by atoms with van der Waals surface area (Å²) in [6.07, 6.45) is 3.29. The molecule has 1 N–H and O–H groups in total. The smallest absolute Gasteiger partial charge is 0.258 e. The summed E-state index contributed by atoms with van der Waals surface area (Å²) in [5.74, 6) is -1.01. The Morgan fingerprint density at radius 1 is 1.28 bits per heavy atom. The maximum Gasteiger partial charge on any atom is 0.258 e. The van der Waals surface area contributed by atoms with Gasteiger partial charge in [-0.3, -0.25) is 14.6 Å². The molecule has 0 saturated heterocycles. The Balaban J connectivity index is 1.73. The van der Waals surface area contributed by atoms with E-state index in [0.717, 1.165) is 11.6 Å². The molecule has 8 heteroatoms. The topological polar surface area (TPSA) is 71.5 Å². The number of aromatic nitrogens is 1. The minimum atomic E-state index is -0.568. The quantitative estimate of drug-likeness (QED) is 0.815. The van der Waals surface area contributed by atoms with Crippen molar-refractivity contribution in [2.24, 2.45) is 0 Å². The summed E-state index contributed by atoms with van der Waals surface area (Å²) in [6, 6.07) is 7.40. The van der Waals surface area contributed by atoms with Crippen LogP contribution in [0.5, 0.6) is 5.75 Å². The molecule has 1 aromatic heterocycles. The third-order valence-corrected chi connectivity index (χ3v) is 3.58. The number of nitrogens with zero attached hydrogens (tertiary/aromatic N) is 2. The van der Waals surface area contributed by atoms with Crippen molar-refractivity contribution in [3.05, 3.63) is 59.1 Å². The number of benzene rings is 1. The summed E-state index contributed by atoms with van der Waals surface area (Å²) in [5, 5.41) is 2.38. The Kier molecular flexibility index (Phi) is 6.71. The maximum atomic E-state index is 13.0. The number of carbonyl (C=O) groups is 2. The molecule has 25 heavy (non-hydrogen) atoms. The van der Waals surface area contributed by atoms with Gasteiger partial charge in [0.25, 0.3) is 5.91 Å². The van der Waals surface area contributed by atoms with E-state index >= 15 is 0 Å². The van der Waals surface area contributed by atoms with Crippen LogP contribution in [0, 0.1) is 5.82 Å². The van der Waals surface area contributed by atoms with Gasteiger partial charge in [-0.25, -0.2) is 4.39 Å². The molecule has 0 aliphatic heterocycles. The van der Waals surface area contributed by atoms with Gasteiger partial charge in [-0.05, 0) is 29.8 Å². The van der Waals surface area contributed by atoms with Crippen molar-refractivity contribution in [3.8, 4) is 5.75 Å². The Hall–Kier alpha value is -2.67. The minimum absolute atomic E-state index is 0.0918.